The van der Waals surface area contributed by atoms with Crippen molar-refractivity contribution in [1.29, 1.82) is 0 Å². The minimum absolute atomic E-state index is 0.225. The Hall–Kier alpha value is -2.33. The number of fused-ring (bicyclic) bond motifs is 1. The highest BCUT2D eigenvalue weighted by atomic mass is 16.7. The summed E-state index contributed by atoms with van der Waals surface area (Å²) in [4.78, 5) is 11.7. The second-order valence-corrected chi connectivity index (χ2v) is 4.98. The van der Waals surface area contributed by atoms with Crippen LogP contribution in [0.2, 0.25) is 0 Å². The number of ether oxygens (including phenoxy) is 2. The van der Waals surface area contributed by atoms with Crippen molar-refractivity contribution in [2.75, 3.05) is 0 Å². The predicted octanol–water partition coefficient (Wildman–Crippen LogP) is 3.01. The number of carbonyl (C=O) groups excluding carboxylic acids is 1. The molecule has 1 atom stereocenters. The van der Waals surface area contributed by atoms with E-state index in [0.29, 0.717) is 13.0 Å². The van der Waals surface area contributed by atoms with Gasteiger partial charge >= 0.3 is 6.16 Å². The third kappa shape index (κ3) is 3.61. The van der Waals surface area contributed by atoms with Gasteiger partial charge in [-0.2, -0.15) is 0 Å². The van der Waals surface area contributed by atoms with Crippen LogP contribution >= 0.6 is 0 Å². The van der Waals surface area contributed by atoms with E-state index >= 15 is 0 Å². The summed E-state index contributed by atoms with van der Waals surface area (Å²) < 4.78 is 10.4. The molecule has 0 fully saturated rings. The molecule has 3 rings (SSSR count). The summed E-state index contributed by atoms with van der Waals surface area (Å²) >= 11 is 0. The Morgan fingerprint density at radius 3 is 2.57 bits per heavy atom. The average molecular weight is 283 g/mol. The molecule has 0 spiro atoms. The van der Waals surface area contributed by atoms with Gasteiger partial charge in [0, 0.05) is 13.0 Å². The topological polar surface area (TPSA) is 47.6 Å². The minimum atomic E-state index is -0.643. The van der Waals surface area contributed by atoms with Crippen LogP contribution in [0.25, 0.3) is 0 Å². The highest BCUT2D eigenvalue weighted by Gasteiger charge is 2.21. The zero-order chi connectivity index (χ0) is 14.5. The molecule has 1 aliphatic rings. The highest BCUT2D eigenvalue weighted by Crippen LogP contribution is 2.17. The van der Waals surface area contributed by atoms with Gasteiger partial charge in [-0.3, -0.25) is 5.32 Å². The Labute approximate surface area is 123 Å². The SMILES string of the molecule is O=C(OCc1ccccc1)OC1Cc2ccccc2CN1. The summed E-state index contributed by atoms with van der Waals surface area (Å²) in [6, 6.07) is 17.7. The maximum Gasteiger partial charge on any atom is 0.510 e. The number of benzene rings is 2. The Morgan fingerprint density at radius 2 is 1.76 bits per heavy atom. The molecule has 108 valence electrons. The largest absolute Gasteiger partial charge is 0.510 e. The molecule has 1 unspecified atom stereocenters. The van der Waals surface area contributed by atoms with Gasteiger partial charge in [0.05, 0.1) is 0 Å². The van der Waals surface area contributed by atoms with Gasteiger partial charge in [-0.15, -0.1) is 0 Å². The first kappa shape index (κ1) is 13.6. The molecular formula is C17H17NO3. The summed E-state index contributed by atoms with van der Waals surface area (Å²) in [5.74, 6) is 0. The number of rotatable bonds is 3. The lowest BCUT2D eigenvalue weighted by Crippen LogP contribution is -2.39. The Bertz CT molecular complexity index is 612. The van der Waals surface area contributed by atoms with Crippen LogP contribution in [0.5, 0.6) is 0 Å². The fourth-order valence-corrected chi connectivity index (χ4v) is 2.37. The lowest BCUT2D eigenvalue weighted by Gasteiger charge is -2.25. The van der Waals surface area contributed by atoms with E-state index in [0.717, 1.165) is 5.56 Å². The van der Waals surface area contributed by atoms with Crippen molar-refractivity contribution < 1.29 is 14.3 Å². The summed E-state index contributed by atoms with van der Waals surface area (Å²) in [7, 11) is 0. The number of nitrogens with one attached hydrogen (secondary N) is 1. The first-order valence-electron chi connectivity index (χ1n) is 6.99. The van der Waals surface area contributed by atoms with Crippen LogP contribution in [0.3, 0.4) is 0 Å². The second-order valence-electron chi connectivity index (χ2n) is 4.98. The summed E-state index contributed by atoms with van der Waals surface area (Å²) in [6.45, 7) is 0.926. The molecule has 0 radical (unpaired) electrons. The molecule has 0 aromatic heterocycles. The van der Waals surface area contributed by atoms with E-state index in [-0.39, 0.29) is 12.8 Å². The van der Waals surface area contributed by atoms with Gasteiger partial charge < -0.3 is 9.47 Å². The van der Waals surface area contributed by atoms with E-state index in [4.69, 9.17) is 9.47 Å². The van der Waals surface area contributed by atoms with Crippen LogP contribution in [0.4, 0.5) is 4.79 Å². The first-order chi connectivity index (χ1) is 10.3. The highest BCUT2D eigenvalue weighted by molar-refractivity contribution is 5.60. The van der Waals surface area contributed by atoms with Crippen molar-refractivity contribution in [3.05, 3.63) is 71.3 Å². The average Bonchev–Trinajstić information content (AvgIpc) is 2.54. The lowest BCUT2D eigenvalue weighted by atomic mass is 10.0. The molecule has 0 saturated carbocycles. The van der Waals surface area contributed by atoms with Crippen molar-refractivity contribution in [3.8, 4) is 0 Å². The summed E-state index contributed by atoms with van der Waals surface area (Å²) in [6.07, 6.45) is -0.310. The molecule has 2 aromatic rings. The zero-order valence-electron chi connectivity index (χ0n) is 11.6. The molecule has 0 saturated heterocycles. The van der Waals surface area contributed by atoms with E-state index in [1.807, 2.05) is 42.5 Å². The molecule has 4 nitrogen and oxygen atoms in total. The number of hydrogen-bond donors (Lipinski definition) is 1. The van der Waals surface area contributed by atoms with Gasteiger partial charge in [-0.25, -0.2) is 4.79 Å². The number of hydrogen-bond acceptors (Lipinski definition) is 4. The van der Waals surface area contributed by atoms with Gasteiger partial charge in [-0.1, -0.05) is 54.6 Å². The third-order valence-electron chi connectivity index (χ3n) is 3.48. The quantitative estimate of drug-likeness (QED) is 0.880. The Balaban J connectivity index is 1.50. The fourth-order valence-electron chi connectivity index (χ4n) is 2.37. The zero-order valence-corrected chi connectivity index (χ0v) is 11.6. The van der Waals surface area contributed by atoms with Crippen LogP contribution in [-0.2, 0) is 29.0 Å². The fraction of sp³-hybridized carbons (Fsp3) is 0.235. The predicted molar refractivity (Wildman–Crippen MR) is 78.5 cm³/mol. The van der Waals surface area contributed by atoms with Crippen LogP contribution < -0.4 is 5.32 Å². The van der Waals surface area contributed by atoms with Gasteiger partial charge in [0.25, 0.3) is 0 Å². The van der Waals surface area contributed by atoms with Crippen molar-refractivity contribution in [2.45, 2.75) is 25.8 Å². The smallest absolute Gasteiger partial charge is 0.429 e. The number of carbonyl (C=O) groups is 1. The van der Waals surface area contributed by atoms with Gasteiger partial charge in [-0.05, 0) is 16.7 Å². The van der Waals surface area contributed by atoms with E-state index in [1.54, 1.807) is 0 Å². The van der Waals surface area contributed by atoms with E-state index in [2.05, 4.69) is 17.4 Å². The Kier molecular flexibility index (Phi) is 4.17. The summed E-state index contributed by atoms with van der Waals surface area (Å²) in [5, 5.41) is 3.18. The molecule has 0 bridgehead atoms. The Morgan fingerprint density at radius 1 is 1.05 bits per heavy atom. The maximum absolute atomic E-state index is 11.7. The van der Waals surface area contributed by atoms with Gasteiger partial charge in [0.2, 0.25) is 0 Å². The van der Waals surface area contributed by atoms with Crippen LogP contribution in [0, 0.1) is 0 Å². The molecule has 1 heterocycles. The molecule has 21 heavy (non-hydrogen) atoms. The molecule has 2 aromatic carbocycles. The van der Waals surface area contributed by atoms with E-state index < -0.39 is 6.16 Å². The lowest BCUT2D eigenvalue weighted by molar-refractivity contribution is 0.00487. The standard InChI is InChI=1S/C17H17NO3/c19-17(20-12-13-6-2-1-3-7-13)21-16-10-14-8-4-5-9-15(14)11-18-16/h1-9,16,18H,10-12H2. The van der Waals surface area contributed by atoms with Crippen molar-refractivity contribution in [3.63, 3.8) is 0 Å². The van der Waals surface area contributed by atoms with Crippen molar-refractivity contribution >= 4 is 6.16 Å². The molecule has 0 aliphatic carbocycles. The monoisotopic (exact) mass is 283 g/mol. The molecular weight excluding hydrogens is 266 g/mol. The van der Waals surface area contributed by atoms with Crippen LogP contribution in [0.1, 0.15) is 16.7 Å². The normalized spacial score (nSPS) is 16.9. The molecule has 4 heteroatoms. The summed E-state index contributed by atoms with van der Waals surface area (Å²) in [5.41, 5.74) is 3.39. The first-order valence-corrected chi connectivity index (χ1v) is 6.99. The second kappa shape index (κ2) is 6.41. The van der Waals surface area contributed by atoms with Gasteiger partial charge in [0.15, 0.2) is 6.23 Å². The van der Waals surface area contributed by atoms with Gasteiger partial charge in [0.1, 0.15) is 6.61 Å². The molecule has 1 N–H and O–H groups in total. The van der Waals surface area contributed by atoms with E-state index in [9.17, 15) is 4.79 Å². The maximum atomic E-state index is 11.7. The third-order valence-corrected chi connectivity index (χ3v) is 3.48. The van der Waals surface area contributed by atoms with Crippen molar-refractivity contribution in [2.24, 2.45) is 0 Å². The van der Waals surface area contributed by atoms with E-state index in [1.165, 1.54) is 11.1 Å². The van der Waals surface area contributed by atoms with Crippen LogP contribution in [0.15, 0.2) is 54.6 Å². The van der Waals surface area contributed by atoms with Crippen LogP contribution in [-0.4, -0.2) is 12.4 Å². The molecule has 0 amide bonds. The van der Waals surface area contributed by atoms with Crippen molar-refractivity contribution in [1.82, 2.24) is 5.32 Å². The molecule has 1 aliphatic heterocycles. The minimum Gasteiger partial charge on any atom is -0.429 e.